The van der Waals surface area contributed by atoms with E-state index in [-0.39, 0.29) is 0 Å². The Labute approximate surface area is 175 Å². The molecule has 0 atom stereocenters. The van der Waals surface area contributed by atoms with Crippen molar-refractivity contribution in [3.8, 4) is 11.3 Å². The fourth-order valence-corrected chi connectivity index (χ4v) is 4.05. The monoisotopic (exact) mass is 400 g/mol. The second-order valence-electron chi connectivity index (χ2n) is 7.28. The van der Waals surface area contributed by atoms with Crippen LogP contribution in [-0.2, 0) is 0 Å². The van der Waals surface area contributed by atoms with Gasteiger partial charge in [0.05, 0.1) is 18.1 Å². The van der Waals surface area contributed by atoms with Crippen molar-refractivity contribution in [2.24, 2.45) is 0 Å². The molecule has 2 heterocycles. The molecule has 4 aromatic rings. The maximum atomic E-state index is 6.15. The largest absolute Gasteiger partial charge is 0.368 e. The molecule has 0 unspecified atom stereocenters. The minimum Gasteiger partial charge on any atom is -0.368 e. The molecule has 1 fully saturated rings. The highest BCUT2D eigenvalue weighted by molar-refractivity contribution is 6.30. The zero-order valence-corrected chi connectivity index (χ0v) is 16.8. The van der Waals surface area contributed by atoms with Crippen LogP contribution in [0, 0.1) is 0 Å². The number of fused-ring (bicyclic) bond motifs is 1. The number of halogens is 1. The third-order valence-corrected chi connectivity index (χ3v) is 5.68. The summed E-state index contributed by atoms with van der Waals surface area (Å²) in [6.45, 7) is 3.68. The summed E-state index contributed by atoms with van der Waals surface area (Å²) in [5.41, 5.74) is 3.18. The lowest BCUT2D eigenvalue weighted by atomic mass is 10.1. The van der Waals surface area contributed by atoms with Crippen LogP contribution in [0.3, 0.4) is 0 Å². The highest BCUT2D eigenvalue weighted by Crippen LogP contribution is 2.26. The van der Waals surface area contributed by atoms with Crippen molar-refractivity contribution >= 4 is 33.9 Å². The van der Waals surface area contributed by atoms with Gasteiger partial charge in [-0.3, -0.25) is 4.98 Å². The summed E-state index contributed by atoms with van der Waals surface area (Å²) < 4.78 is 0. The van der Waals surface area contributed by atoms with E-state index >= 15 is 0 Å². The first-order valence-corrected chi connectivity index (χ1v) is 10.2. The lowest BCUT2D eigenvalue weighted by Crippen LogP contribution is -2.46. The van der Waals surface area contributed by atoms with Gasteiger partial charge in [0, 0.05) is 42.5 Å². The molecule has 1 aromatic heterocycles. The smallest absolute Gasteiger partial charge is 0.147 e. The molecule has 1 aliphatic heterocycles. The van der Waals surface area contributed by atoms with Gasteiger partial charge in [0.2, 0.25) is 0 Å². The number of hydrogen-bond donors (Lipinski definition) is 0. The molecule has 4 nitrogen and oxygen atoms in total. The van der Waals surface area contributed by atoms with Gasteiger partial charge in [0.15, 0.2) is 0 Å². The maximum Gasteiger partial charge on any atom is 0.147 e. The Morgan fingerprint density at radius 3 is 2.34 bits per heavy atom. The van der Waals surface area contributed by atoms with Crippen LogP contribution in [-0.4, -0.2) is 36.1 Å². The predicted molar refractivity (Wildman–Crippen MR) is 121 cm³/mol. The van der Waals surface area contributed by atoms with Crippen LogP contribution in [0.4, 0.5) is 11.5 Å². The second kappa shape index (κ2) is 7.72. The normalized spacial score (nSPS) is 14.4. The van der Waals surface area contributed by atoms with Crippen molar-refractivity contribution in [3.05, 3.63) is 84.1 Å². The fourth-order valence-electron chi connectivity index (χ4n) is 3.86. The molecule has 1 aliphatic rings. The zero-order chi connectivity index (χ0) is 19.6. The molecule has 0 amide bonds. The fraction of sp³-hybridized carbons (Fsp3) is 0.167. The van der Waals surface area contributed by atoms with Crippen molar-refractivity contribution in [1.29, 1.82) is 0 Å². The van der Waals surface area contributed by atoms with E-state index in [1.807, 2.05) is 30.6 Å². The summed E-state index contributed by atoms with van der Waals surface area (Å²) in [7, 11) is 0. The Morgan fingerprint density at radius 1 is 0.724 bits per heavy atom. The van der Waals surface area contributed by atoms with E-state index < -0.39 is 0 Å². The Balaban J connectivity index is 1.35. The van der Waals surface area contributed by atoms with Gasteiger partial charge >= 0.3 is 0 Å². The lowest BCUT2D eigenvalue weighted by molar-refractivity contribution is 0.646. The first-order valence-electron chi connectivity index (χ1n) is 9.83. The highest BCUT2D eigenvalue weighted by Gasteiger charge is 2.19. The summed E-state index contributed by atoms with van der Waals surface area (Å²) in [6.07, 6.45) is 3.70. The molecule has 29 heavy (non-hydrogen) atoms. The predicted octanol–water partition coefficient (Wildman–Crippen LogP) is 5.28. The Hall–Kier alpha value is -3.11. The molecule has 0 aliphatic carbocycles. The van der Waals surface area contributed by atoms with Crippen LogP contribution in [0.15, 0.2) is 79.1 Å². The molecule has 0 bridgehead atoms. The molecule has 144 valence electrons. The molecular weight excluding hydrogens is 380 g/mol. The minimum absolute atomic E-state index is 0.777. The van der Waals surface area contributed by atoms with E-state index in [2.05, 4.69) is 63.3 Å². The third-order valence-electron chi connectivity index (χ3n) is 5.44. The SMILES string of the molecule is Clc1cccc(N2CCN(c3cncc(-c4ccc5ccccc5c4)n3)CC2)c1. The Bertz CT molecular complexity index is 1150. The summed E-state index contributed by atoms with van der Waals surface area (Å²) >= 11 is 6.15. The molecule has 3 aromatic carbocycles. The van der Waals surface area contributed by atoms with Gasteiger partial charge in [-0.25, -0.2) is 4.98 Å². The average molecular weight is 401 g/mol. The first kappa shape index (κ1) is 18.0. The molecule has 5 heteroatoms. The zero-order valence-electron chi connectivity index (χ0n) is 16.0. The van der Waals surface area contributed by atoms with E-state index in [0.717, 1.165) is 48.3 Å². The van der Waals surface area contributed by atoms with Crippen molar-refractivity contribution < 1.29 is 0 Å². The van der Waals surface area contributed by atoms with E-state index in [9.17, 15) is 0 Å². The minimum atomic E-state index is 0.777. The molecule has 5 rings (SSSR count). The number of hydrogen-bond acceptors (Lipinski definition) is 4. The van der Waals surface area contributed by atoms with E-state index in [0.29, 0.717) is 0 Å². The number of benzene rings is 3. The second-order valence-corrected chi connectivity index (χ2v) is 7.71. The van der Waals surface area contributed by atoms with E-state index in [1.54, 1.807) is 0 Å². The Morgan fingerprint density at radius 2 is 1.52 bits per heavy atom. The molecule has 0 saturated carbocycles. The van der Waals surface area contributed by atoms with Crippen LogP contribution in [0.25, 0.3) is 22.0 Å². The van der Waals surface area contributed by atoms with Gasteiger partial charge in [0.25, 0.3) is 0 Å². The van der Waals surface area contributed by atoms with Gasteiger partial charge < -0.3 is 9.80 Å². The number of aromatic nitrogens is 2. The average Bonchev–Trinajstić information content (AvgIpc) is 2.79. The molecule has 0 spiro atoms. The van der Waals surface area contributed by atoms with Crippen LogP contribution in [0.2, 0.25) is 5.02 Å². The molecule has 0 N–H and O–H groups in total. The standard InChI is InChI=1S/C24H21ClN4/c25-21-6-3-7-22(15-21)28-10-12-29(13-11-28)24-17-26-16-23(27-24)20-9-8-18-4-1-2-5-19(18)14-20/h1-9,14-17H,10-13H2. The summed E-state index contributed by atoms with van der Waals surface area (Å²) in [5.74, 6) is 0.932. The lowest BCUT2D eigenvalue weighted by Gasteiger charge is -2.36. The van der Waals surface area contributed by atoms with Gasteiger partial charge in [-0.2, -0.15) is 0 Å². The van der Waals surface area contributed by atoms with Crippen molar-refractivity contribution in [1.82, 2.24) is 9.97 Å². The van der Waals surface area contributed by atoms with Crippen molar-refractivity contribution in [2.45, 2.75) is 0 Å². The highest BCUT2D eigenvalue weighted by atomic mass is 35.5. The number of anilines is 2. The number of piperazine rings is 1. The van der Waals surface area contributed by atoms with Gasteiger partial charge in [0.1, 0.15) is 5.82 Å². The first-order chi connectivity index (χ1) is 14.3. The number of rotatable bonds is 3. The molecular formula is C24H21ClN4. The number of nitrogens with zero attached hydrogens (tertiary/aromatic N) is 4. The molecule has 0 radical (unpaired) electrons. The van der Waals surface area contributed by atoms with Crippen molar-refractivity contribution in [3.63, 3.8) is 0 Å². The molecule has 1 saturated heterocycles. The van der Waals surface area contributed by atoms with Crippen LogP contribution < -0.4 is 9.80 Å². The third kappa shape index (κ3) is 3.76. The quantitative estimate of drug-likeness (QED) is 0.468. The van der Waals surface area contributed by atoms with Crippen LogP contribution in [0.1, 0.15) is 0 Å². The van der Waals surface area contributed by atoms with Gasteiger partial charge in [-0.15, -0.1) is 0 Å². The maximum absolute atomic E-state index is 6.15. The Kier molecular flexibility index (Phi) is 4.78. The van der Waals surface area contributed by atoms with Crippen molar-refractivity contribution in [2.75, 3.05) is 36.0 Å². The topological polar surface area (TPSA) is 32.3 Å². The van der Waals surface area contributed by atoms with E-state index in [4.69, 9.17) is 16.6 Å². The summed E-state index contributed by atoms with van der Waals surface area (Å²) in [4.78, 5) is 14.0. The van der Waals surface area contributed by atoms with Gasteiger partial charge in [-0.05, 0) is 35.0 Å². The van der Waals surface area contributed by atoms with Crippen LogP contribution in [0.5, 0.6) is 0 Å². The van der Waals surface area contributed by atoms with Gasteiger partial charge in [-0.1, -0.05) is 54.1 Å². The van der Waals surface area contributed by atoms with Crippen LogP contribution >= 0.6 is 11.6 Å². The van der Waals surface area contributed by atoms with E-state index in [1.165, 1.54) is 16.5 Å². The summed E-state index contributed by atoms with van der Waals surface area (Å²) in [5, 5.41) is 3.23. The summed E-state index contributed by atoms with van der Waals surface area (Å²) in [6, 6.07) is 22.9.